The van der Waals surface area contributed by atoms with Crippen LogP contribution in [0.15, 0.2) is 71.1 Å². The summed E-state index contributed by atoms with van der Waals surface area (Å²) >= 11 is 0. The van der Waals surface area contributed by atoms with Crippen molar-refractivity contribution < 1.29 is 23.5 Å². The van der Waals surface area contributed by atoms with Gasteiger partial charge in [-0.15, -0.1) is 0 Å². The molecule has 1 saturated heterocycles. The summed E-state index contributed by atoms with van der Waals surface area (Å²) in [6.45, 7) is 0.629. The molecule has 0 radical (unpaired) electrons. The summed E-state index contributed by atoms with van der Waals surface area (Å²) in [6, 6.07) is 18.6. The molecule has 35 heavy (non-hydrogen) atoms. The molecule has 5 rings (SSSR count). The number of hydrogen-bond donors (Lipinski definition) is 2. The molecule has 1 aromatic heterocycles. The number of hydrogen-bond acceptors (Lipinski definition) is 4. The molecular formula is C28H25FN2O4. The molecule has 2 amide bonds. The molecule has 4 aromatic rings. The SMILES string of the molecule is CNC(=O)c1c(-c2ccc(F)cc2)oc2ccc(-c3ccc(C(=O)N4CCCC4CO)cc3)cc12. The lowest BCUT2D eigenvalue weighted by Gasteiger charge is -2.23. The second-order valence-corrected chi connectivity index (χ2v) is 8.66. The second kappa shape index (κ2) is 9.35. The average Bonchev–Trinajstić information content (AvgIpc) is 3.52. The minimum absolute atomic E-state index is 0.0257. The Hall–Kier alpha value is -3.97. The molecule has 2 heterocycles. The van der Waals surface area contributed by atoms with Crippen molar-refractivity contribution in [3.8, 4) is 22.5 Å². The predicted molar refractivity (Wildman–Crippen MR) is 132 cm³/mol. The lowest BCUT2D eigenvalue weighted by Crippen LogP contribution is -2.37. The molecule has 3 aromatic carbocycles. The minimum Gasteiger partial charge on any atom is -0.455 e. The normalized spacial score (nSPS) is 15.5. The summed E-state index contributed by atoms with van der Waals surface area (Å²) in [4.78, 5) is 27.4. The van der Waals surface area contributed by atoms with Crippen LogP contribution in [0.25, 0.3) is 33.4 Å². The summed E-state index contributed by atoms with van der Waals surface area (Å²) in [5, 5.41) is 12.8. The van der Waals surface area contributed by atoms with Gasteiger partial charge in [0, 0.05) is 30.1 Å². The van der Waals surface area contributed by atoms with Gasteiger partial charge < -0.3 is 19.7 Å². The number of amides is 2. The molecule has 0 aliphatic carbocycles. The zero-order valence-corrected chi connectivity index (χ0v) is 19.3. The molecular weight excluding hydrogens is 447 g/mol. The largest absolute Gasteiger partial charge is 0.455 e. The van der Waals surface area contributed by atoms with Crippen LogP contribution >= 0.6 is 0 Å². The molecule has 1 atom stereocenters. The first-order valence-corrected chi connectivity index (χ1v) is 11.6. The third-order valence-corrected chi connectivity index (χ3v) is 6.56. The minimum atomic E-state index is -0.368. The van der Waals surface area contributed by atoms with Gasteiger partial charge in [-0.1, -0.05) is 18.2 Å². The average molecular weight is 473 g/mol. The number of fused-ring (bicyclic) bond motifs is 1. The van der Waals surface area contributed by atoms with Crippen molar-refractivity contribution in [1.29, 1.82) is 0 Å². The third-order valence-electron chi connectivity index (χ3n) is 6.56. The maximum absolute atomic E-state index is 13.4. The number of nitrogens with one attached hydrogen (secondary N) is 1. The first-order valence-electron chi connectivity index (χ1n) is 11.6. The van der Waals surface area contributed by atoms with Crippen LogP contribution in [0, 0.1) is 5.82 Å². The fourth-order valence-electron chi connectivity index (χ4n) is 4.70. The van der Waals surface area contributed by atoms with E-state index in [9.17, 15) is 19.1 Å². The molecule has 178 valence electrons. The van der Waals surface area contributed by atoms with Gasteiger partial charge in [-0.25, -0.2) is 4.39 Å². The van der Waals surface area contributed by atoms with Gasteiger partial charge >= 0.3 is 0 Å². The molecule has 0 bridgehead atoms. The summed E-state index contributed by atoms with van der Waals surface area (Å²) in [6.07, 6.45) is 1.71. The van der Waals surface area contributed by atoms with Crippen molar-refractivity contribution in [2.24, 2.45) is 0 Å². The Balaban J connectivity index is 1.51. The van der Waals surface area contributed by atoms with Gasteiger partial charge in [-0.05, 0) is 72.5 Å². The van der Waals surface area contributed by atoms with Gasteiger partial charge in [0.25, 0.3) is 11.8 Å². The standard InChI is InChI=1S/C28H25FN2O4/c1-30-27(33)25-23-15-20(10-13-24(23)35-26(25)18-8-11-21(29)12-9-18)17-4-6-19(7-5-17)28(34)31-14-2-3-22(31)16-32/h4-13,15,22,32H,2-3,14,16H2,1H3,(H,30,33). The first-order chi connectivity index (χ1) is 17.0. The van der Waals surface area contributed by atoms with Crippen LogP contribution in [0.1, 0.15) is 33.6 Å². The van der Waals surface area contributed by atoms with Crippen LogP contribution in [0.5, 0.6) is 0 Å². The van der Waals surface area contributed by atoms with E-state index in [2.05, 4.69) is 5.32 Å². The van der Waals surface area contributed by atoms with Crippen LogP contribution < -0.4 is 5.32 Å². The number of carbonyl (C=O) groups is 2. The number of carbonyl (C=O) groups excluding carboxylic acids is 2. The van der Waals surface area contributed by atoms with E-state index in [1.807, 2.05) is 24.3 Å². The summed E-state index contributed by atoms with van der Waals surface area (Å²) < 4.78 is 19.4. The highest BCUT2D eigenvalue weighted by Crippen LogP contribution is 2.36. The van der Waals surface area contributed by atoms with E-state index in [-0.39, 0.29) is 30.3 Å². The van der Waals surface area contributed by atoms with Crippen molar-refractivity contribution in [3.63, 3.8) is 0 Å². The molecule has 1 aliphatic rings. The van der Waals surface area contributed by atoms with Crippen LogP contribution in [-0.4, -0.2) is 48.1 Å². The number of furan rings is 1. The molecule has 2 N–H and O–H groups in total. The van der Waals surface area contributed by atoms with Crippen molar-refractivity contribution >= 4 is 22.8 Å². The number of halogens is 1. The number of aliphatic hydroxyl groups is 1. The molecule has 1 fully saturated rings. The predicted octanol–water partition coefficient (Wildman–Crippen LogP) is 4.86. The van der Waals surface area contributed by atoms with Gasteiger partial charge in [-0.3, -0.25) is 9.59 Å². The lowest BCUT2D eigenvalue weighted by atomic mass is 9.99. The Morgan fingerprint density at radius 1 is 1.03 bits per heavy atom. The summed E-state index contributed by atoms with van der Waals surface area (Å²) in [5.74, 6) is -0.372. The summed E-state index contributed by atoms with van der Waals surface area (Å²) in [5.41, 5.74) is 3.85. The highest BCUT2D eigenvalue weighted by Gasteiger charge is 2.28. The lowest BCUT2D eigenvalue weighted by molar-refractivity contribution is 0.0677. The molecule has 0 spiro atoms. The molecule has 6 nitrogen and oxygen atoms in total. The van der Waals surface area contributed by atoms with E-state index in [0.717, 1.165) is 24.0 Å². The topological polar surface area (TPSA) is 82.8 Å². The van der Waals surface area contributed by atoms with Gasteiger partial charge in [-0.2, -0.15) is 0 Å². The third kappa shape index (κ3) is 4.19. The second-order valence-electron chi connectivity index (χ2n) is 8.66. The Bertz CT molecular complexity index is 1390. The quantitative estimate of drug-likeness (QED) is 0.435. The Labute approximate surface area is 202 Å². The van der Waals surface area contributed by atoms with E-state index in [1.165, 1.54) is 12.1 Å². The molecule has 1 aliphatic heterocycles. The van der Waals surface area contributed by atoms with Crippen LogP contribution in [0.3, 0.4) is 0 Å². The van der Waals surface area contributed by atoms with Gasteiger partial charge in [0.05, 0.1) is 18.2 Å². The Kier molecular flexibility index (Phi) is 6.09. The zero-order chi connectivity index (χ0) is 24.5. The number of likely N-dealkylation sites (tertiary alicyclic amines) is 1. The fourth-order valence-corrected chi connectivity index (χ4v) is 4.70. The molecule has 0 saturated carbocycles. The van der Waals surface area contributed by atoms with Crippen LogP contribution in [0.2, 0.25) is 0 Å². The number of benzene rings is 3. The maximum atomic E-state index is 13.4. The van der Waals surface area contributed by atoms with E-state index in [4.69, 9.17) is 4.42 Å². The first kappa shape index (κ1) is 22.8. The molecule has 7 heteroatoms. The van der Waals surface area contributed by atoms with Gasteiger partial charge in [0.15, 0.2) is 0 Å². The maximum Gasteiger partial charge on any atom is 0.255 e. The monoisotopic (exact) mass is 472 g/mol. The van der Waals surface area contributed by atoms with E-state index in [1.54, 1.807) is 42.3 Å². The molecule has 1 unspecified atom stereocenters. The number of rotatable bonds is 5. The van der Waals surface area contributed by atoms with Crippen molar-refractivity contribution in [2.75, 3.05) is 20.2 Å². The van der Waals surface area contributed by atoms with Crippen molar-refractivity contribution in [1.82, 2.24) is 10.2 Å². The summed E-state index contributed by atoms with van der Waals surface area (Å²) in [7, 11) is 1.55. The Morgan fingerprint density at radius 2 is 1.71 bits per heavy atom. The number of aliphatic hydroxyl groups excluding tert-OH is 1. The van der Waals surface area contributed by atoms with E-state index >= 15 is 0 Å². The van der Waals surface area contributed by atoms with Crippen molar-refractivity contribution in [3.05, 3.63) is 83.7 Å². The zero-order valence-electron chi connectivity index (χ0n) is 19.3. The Morgan fingerprint density at radius 3 is 2.40 bits per heavy atom. The fraction of sp³-hybridized carbons (Fsp3) is 0.214. The van der Waals surface area contributed by atoms with Crippen molar-refractivity contribution in [2.45, 2.75) is 18.9 Å². The highest BCUT2D eigenvalue weighted by molar-refractivity contribution is 6.11. The van der Waals surface area contributed by atoms with Gasteiger partial charge in [0.2, 0.25) is 0 Å². The smallest absolute Gasteiger partial charge is 0.255 e. The highest BCUT2D eigenvalue weighted by atomic mass is 19.1. The van der Waals surface area contributed by atoms with Crippen LogP contribution in [0.4, 0.5) is 4.39 Å². The van der Waals surface area contributed by atoms with E-state index < -0.39 is 0 Å². The van der Waals surface area contributed by atoms with Gasteiger partial charge in [0.1, 0.15) is 17.2 Å². The number of nitrogens with zero attached hydrogens (tertiary/aromatic N) is 1. The van der Waals surface area contributed by atoms with Crippen LogP contribution in [-0.2, 0) is 0 Å². The van der Waals surface area contributed by atoms with E-state index in [0.29, 0.717) is 40.0 Å².